The van der Waals surface area contributed by atoms with Crippen LogP contribution < -0.4 is 5.56 Å². The molecule has 162 valence electrons. The second-order valence-corrected chi connectivity index (χ2v) is 7.66. The molecule has 2 amide bonds. The van der Waals surface area contributed by atoms with E-state index in [1.165, 1.54) is 25.3 Å². The fourth-order valence-corrected chi connectivity index (χ4v) is 4.21. The molecule has 0 spiro atoms. The van der Waals surface area contributed by atoms with Gasteiger partial charge < -0.3 is 14.5 Å². The fourth-order valence-electron chi connectivity index (χ4n) is 4.21. The van der Waals surface area contributed by atoms with Crippen molar-refractivity contribution >= 4 is 34.7 Å². The number of likely N-dealkylation sites (tertiary alicyclic amines) is 1. The quantitative estimate of drug-likeness (QED) is 0.550. The molecule has 1 saturated carbocycles. The molecule has 2 aliphatic rings. The normalized spacial score (nSPS) is 20.6. The highest BCUT2D eigenvalue weighted by Crippen LogP contribution is 2.37. The number of aromatic amines is 1. The Hall–Kier alpha value is -3.56. The lowest BCUT2D eigenvalue weighted by molar-refractivity contribution is -0.154. The average molecular weight is 427 g/mol. The number of benzene rings is 1. The molecule has 2 atom stereocenters. The zero-order chi connectivity index (χ0) is 22.1. The zero-order valence-corrected chi connectivity index (χ0v) is 16.9. The van der Waals surface area contributed by atoms with Gasteiger partial charge in [0.2, 0.25) is 11.8 Å². The molecule has 1 aliphatic heterocycles. The minimum absolute atomic E-state index is 0.0700. The Morgan fingerprint density at radius 2 is 1.81 bits per heavy atom. The maximum atomic E-state index is 12.5. The Labute approximate surface area is 176 Å². The standard InChI is InChI=1S/C21H21N3O7/c1-30-21(29)11-6-7-14-15(8-11)22-16(23-18(14)26)10-31-17(25)9-24-19(27)12-4-2-3-5-13(12)20(24)28/h6-8,12-13H,2-5,9-10H2,1H3,(H,22,23,26)/t12-,13-/m1/s1. The molecule has 0 bridgehead atoms. The number of carbonyl (C=O) groups is 4. The lowest BCUT2D eigenvalue weighted by Crippen LogP contribution is -2.36. The highest BCUT2D eigenvalue weighted by atomic mass is 16.5. The molecule has 2 fully saturated rings. The third kappa shape index (κ3) is 3.92. The summed E-state index contributed by atoms with van der Waals surface area (Å²) in [4.78, 5) is 68.8. The highest BCUT2D eigenvalue weighted by Gasteiger charge is 2.48. The van der Waals surface area contributed by atoms with Crippen LogP contribution in [0.15, 0.2) is 23.0 Å². The van der Waals surface area contributed by atoms with Crippen molar-refractivity contribution in [1.82, 2.24) is 14.9 Å². The number of aromatic nitrogens is 2. The van der Waals surface area contributed by atoms with Crippen molar-refractivity contribution in [1.29, 1.82) is 0 Å². The number of ether oxygens (including phenoxy) is 2. The summed E-state index contributed by atoms with van der Waals surface area (Å²) >= 11 is 0. The van der Waals surface area contributed by atoms with E-state index in [4.69, 9.17) is 4.74 Å². The Balaban J connectivity index is 1.44. The van der Waals surface area contributed by atoms with Gasteiger partial charge in [-0.05, 0) is 31.0 Å². The third-order valence-electron chi connectivity index (χ3n) is 5.77. The van der Waals surface area contributed by atoms with Crippen LogP contribution in [-0.4, -0.2) is 52.3 Å². The summed E-state index contributed by atoms with van der Waals surface area (Å²) < 4.78 is 9.79. The zero-order valence-electron chi connectivity index (χ0n) is 16.9. The van der Waals surface area contributed by atoms with Crippen LogP contribution in [0.3, 0.4) is 0 Å². The molecular formula is C21H21N3O7. The van der Waals surface area contributed by atoms with Crippen molar-refractivity contribution in [2.75, 3.05) is 13.7 Å². The Bertz CT molecular complexity index is 1120. The molecule has 31 heavy (non-hydrogen) atoms. The van der Waals surface area contributed by atoms with Gasteiger partial charge in [0.15, 0.2) is 0 Å². The van der Waals surface area contributed by atoms with E-state index >= 15 is 0 Å². The first-order valence-electron chi connectivity index (χ1n) is 10.0. The van der Waals surface area contributed by atoms with E-state index in [0.717, 1.165) is 17.7 Å². The molecule has 1 aromatic heterocycles. The number of rotatable bonds is 5. The van der Waals surface area contributed by atoms with Crippen molar-refractivity contribution in [2.45, 2.75) is 32.3 Å². The number of hydrogen-bond donors (Lipinski definition) is 1. The molecule has 0 unspecified atom stereocenters. The summed E-state index contributed by atoms with van der Waals surface area (Å²) in [7, 11) is 1.24. The maximum Gasteiger partial charge on any atom is 0.337 e. The Kier molecular flexibility index (Phi) is 5.53. The molecule has 0 radical (unpaired) electrons. The fraction of sp³-hybridized carbons (Fsp3) is 0.429. The van der Waals surface area contributed by atoms with Gasteiger partial charge in [0.05, 0.1) is 35.4 Å². The summed E-state index contributed by atoms with van der Waals surface area (Å²) in [6.45, 7) is -0.815. The molecular weight excluding hydrogens is 406 g/mol. The molecule has 2 aromatic rings. The number of esters is 2. The topological polar surface area (TPSA) is 136 Å². The van der Waals surface area contributed by atoms with Gasteiger partial charge in [0.25, 0.3) is 5.56 Å². The van der Waals surface area contributed by atoms with Crippen LogP contribution in [-0.2, 0) is 30.5 Å². The van der Waals surface area contributed by atoms with E-state index in [-0.39, 0.29) is 52.5 Å². The summed E-state index contributed by atoms with van der Waals surface area (Å²) in [5.41, 5.74) is 0.0108. The number of nitrogens with one attached hydrogen (secondary N) is 1. The number of amides is 2. The summed E-state index contributed by atoms with van der Waals surface area (Å²) in [6, 6.07) is 4.31. The maximum absolute atomic E-state index is 12.5. The molecule has 2 heterocycles. The van der Waals surface area contributed by atoms with Crippen molar-refractivity contribution in [3.63, 3.8) is 0 Å². The van der Waals surface area contributed by atoms with Gasteiger partial charge in [-0.3, -0.25) is 24.1 Å². The molecule has 1 aromatic carbocycles. The Morgan fingerprint density at radius 3 is 2.45 bits per heavy atom. The Morgan fingerprint density at radius 1 is 1.13 bits per heavy atom. The number of H-pyrrole nitrogens is 1. The van der Waals surface area contributed by atoms with E-state index in [1.807, 2.05) is 0 Å². The van der Waals surface area contributed by atoms with Gasteiger partial charge in [-0.15, -0.1) is 0 Å². The number of nitrogens with zero attached hydrogens (tertiary/aromatic N) is 2. The van der Waals surface area contributed by atoms with Crippen LogP contribution >= 0.6 is 0 Å². The molecule has 1 saturated heterocycles. The average Bonchev–Trinajstić information content (AvgIpc) is 3.02. The van der Waals surface area contributed by atoms with Crippen LogP contribution in [0.2, 0.25) is 0 Å². The SMILES string of the molecule is COC(=O)c1ccc2c(=O)[nH]c(COC(=O)CN3C(=O)[C@@H]4CCCC[C@H]4C3=O)nc2c1. The predicted octanol–water partition coefficient (Wildman–Crippen LogP) is 0.928. The van der Waals surface area contributed by atoms with E-state index in [2.05, 4.69) is 14.7 Å². The van der Waals surface area contributed by atoms with E-state index in [1.54, 1.807) is 0 Å². The van der Waals surface area contributed by atoms with Crippen LogP contribution in [0.4, 0.5) is 0 Å². The summed E-state index contributed by atoms with van der Waals surface area (Å²) in [5, 5.41) is 0.263. The number of hydrogen-bond acceptors (Lipinski definition) is 8. The molecule has 10 heteroatoms. The first-order chi connectivity index (χ1) is 14.9. The number of methoxy groups -OCH3 is 1. The van der Waals surface area contributed by atoms with Gasteiger partial charge in [0, 0.05) is 0 Å². The van der Waals surface area contributed by atoms with E-state index in [9.17, 15) is 24.0 Å². The van der Waals surface area contributed by atoms with Crippen LogP contribution in [0, 0.1) is 11.8 Å². The monoisotopic (exact) mass is 427 g/mol. The first-order valence-corrected chi connectivity index (χ1v) is 10.0. The van der Waals surface area contributed by atoms with E-state index in [0.29, 0.717) is 12.8 Å². The lowest BCUT2D eigenvalue weighted by Gasteiger charge is -2.19. The van der Waals surface area contributed by atoms with Crippen LogP contribution in [0.1, 0.15) is 41.9 Å². The van der Waals surface area contributed by atoms with Gasteiger partial charge >= 0.3 is 11.9 Å². The summed E-state index contributed by atoms with van der Waals surface area (Å²) in [5.74, 6) is -2.59. The minimum Gasteiger partial charge on any atom is -0.465 e. The summed E-state index contributed by atoms with van der Waals surface area (Å²) in [6.07, 6.45) is 3.13. The second-order valence-electron chi connectivity index (χ2n) is 7.66. The van der Waals surface area contributed by atoms with Gasteiger partial charge in [-0.2, -0.15) is 0 Å². The smallest absolute Gasteiger partial charge is 0.337 e. The van der Waals surface area contributed by atoms with Crippen molar-refractivity contribution in [3.05, 3.63) is 39.9 Å². The molecule has 1 N–H and O–H groups in total. The number of imide groups is 1. The lowest BCUT2D eigenvalue weighted by atomic mass is 9.81. The van der Waals surface area contributed by atoms with E-state index < -0.39 is 24.0 Å². The molecule has 4 rings (SSSR count). The van der Waals surface area contributed by atoms with Crippen LogP contribution in [0.25, 0.3) is 10.9 Å². The van der Waals surface area contributed by atoms with Crippen LogP contribution in [0.5, 0.6) is 0 Å². The minimum atomic E-state index is -0.772. The molecule has 1 aliphatic carbocycles. The largest absolute Gasteiger partial charge is 0.465 e. The third-order valence-corrected chi connectivity index (χ3v) is 5.77. The van der Waals surface area contributed by atoms with Gasteiger partial charge in [-0.1, -0.05) is 12.8 Å². The number of fused-ring (bicyclic) bond motifs is 2. The van der Waals surface area contributed by atoms with Crippen molar-refractivity contribution < 1.29 is 28.7 Å². The van der Waals surface area contributed by atoms with Gasteiger partial charge in [-0.25, -0.2) is 9.78 Å². The van der Waals surface area contributed by atoms with Crippen molar-refractivity contribution in [3.8, 4) is 0 Å². The number of carbonyl (C=O) groups excluding carboxylic acids is 4. The molecule has 10 nitrogen and oxygen atoms in total. The highest BCUT2D eigenvalue weighted by molar-refractivity contribution is 6.07. The first kappa shape index (κ1) is 20.7. The van der Waals surface area contributed by atoms with Gasteiger partial charge in [0.1, 0.15) is 19.0 Å². The second kappa shape index (κ2) is 8.29. The predicted molar refractivity (Wildman–Crippen MR) is 106 cm³/mol. The van der Waals surface area contributed by atoms with Crippen molar-refractivity contribution in [2.24, 2.45) is 11.8 Å².